The van der Waals surface area contributed by atoms with Gasteiger partial charge in [0.05, 0.1) is 17.6 Å². The quantitative estimate of drug-likeness (QED) is 0.805. The monoisotopic (exact) mass is 392 g/mol. The Hall–Kier alpha value is -0.820. The van der Waals surface area contributed by atoms with E-state index in [9.17, 15) is 4.79 Å². The molecule has 1 aromatic rings. The van der Waals surface area contributed by atoms with Gasteiger partial charge in [-0.15, -0.1) is 12.4 Å². The highest BCUT2D eigenvalue weighted by molar-refractivity contribution is 9.10. The van der Waals surface area contributed by atoms with Gasteiger partial charge in [-0.1, -0.05) is 6.07 Å². The van der Waals surface area contributed by atoms with E-state index >= 15 is 0 Å². The number of amides is 1. The zero-order chi connectivity index (χ0) is 15.2. The number of rotatable bonds is 5. The first-order valence-corrected chi connectivity index (χ1v) is 7.84. The number of carbonyl (C=O) groups excluding carboxylic acids is 1. The van der Waals surface area contributed by atoms with Gasteiger partial charge in [-0.2, -0.15) is 0 Å². The summed E-state index contributed by atoms with van der Waals surface area (Å²) in [6.45, 7) is 1.84. The summed E-state index contributed by atoms with van der Waals surface area (Å²) < 4.78 is 11.3. The van der Waals surface area contributed by atoms with Crippen molar-refractivity contribution in [3.05, 3.63) is 28.2 Å². The Bertz CT molecular complexity index is 496. The summed E-state index contributed by atoms with van der Waals surface area (Å²) in [6.07, 6.45) is 1.70. The maximum Gasteiger partial charge on any atom is 0.237 e. The largest absolute Gasteiger partial charge is 0.496 e. The molecular formula is C15H22BrClN2O3. The number of halogens is 2. The van der Waals surface area contributed by atoms with E-state index in [-0.39, 0.29) is 24.2 Å². The molecule has 3 N–H and O–H groups in total. The Morgan fingerprint density at radius 1 is 1.50 bits per heavy atom. The van der Waals surface area contributed by atoms with Crippen molar-refractivity contribution in [1.82, 2.24) is 5.32 Å². The fraction of sp³-hybridized carbons (Fsp3) is 0.533. The summed E-state index contributed by atoms with van der Waals surface area (Å²) in [5.74, 6) is 0.874. The average molecular weight is 394 g/mol. The lowest BCUT2D eigenvalue weighted by Crippen LogP contribution is -2.46. The van der Waals surface area contributed by atoms with E-state index in [1.54, 1.807) is 7.11 Å². The molecule has 0 radical (unpaired) electrons. The average Bonchev–Trinajstić information content (AvgIpc) is 2.52. The highest BCUT2D eigenvalue weighted by Crippen LogP contribution is 2.25. The molecule has 0 aromatic heterocycles. The standard InChI is InChI=1S/C15H21BrN2O3.ClH/c1-20-13-3-2-10(8-12(13)16)9-18-15(19)14(17)11-4-6-21-7-5-11;/h2-3,8,11,14H,4-7,9,17H2,1H3,(H,18,19);1H. The van der Waals surface area contributed by atoms with Crippen molar-refractivity contribution in [1.29, 1.82) is 0 Å². The van der Waals surface area contributed by atoms with Crippen molar-refractivity contribution in [3.63, 3.8) is 0 Å². The van der Waals surface area contributed by atoms with E-state index in [4.69, 9.17) is 15.2 Å². The second-order valence-corrected chi connectivity index (χ2v) is 6.02. The van der Waals surface area contributed by atoms with Crippen LogP contribution in [0.4, 0.5) is 0 Å². The van der Waals surface area contributed by atoms with Crippen molar-refractivity contribution < 1.29 is 14.3 Å². The van der Waals surface area contributed by atoms with Gasteiger partial charge in [-0.05, 0) is 52.4 Å². The normalized spacial score (nSPS) is 16.5. The highest BCUT2D eigenvalue weighted by atomic mass is 79.9. The van der Waals surface area contributed by atoms with Crippen molar-refractivity contribution >= 4 is 34.2 Å². The summed E-state index contributed by atoms with van der Waals surface area (Å²) in [7, 11) is 1.62. The van der Waals surface area contributed by atoms with Gasteiger partial charge in [0, 0.05) is 19.8 Å². The van der Waals surface area contributed by atoms with E-state index < -0.39 is 6.04 Å². The Morgan fingerprint density at radius 3 is 2.77 bits per heavy atom. The van der Waals surface area contributed by atoms with Crippen molar-refractivity contribution in [2.45, 2.75) is 25.4 Å². The number of nitrogens with two attached hydrogens (primary N) is 1. The topological polar surface area (TPSA) is 73.6 Å². The van der Waals surface area contributed by atoms with E-state index in [0.29, 0.717) is 19.8 Å². The van der Waals surface area contributed by atoms with Gasteiger partial charge >= 0.3 is 0 Å². The molecule has 0 spiro atoms. The fourth-order valence-electron chi connectivity index (χ4n) is 2.42. The molecular weight excluding hydrogens is 372 g/mol. The minimum Gasteiger partial charge on any atom is -0.496 e. The summed E-state index contributed by atoms with van der Waals surface area (Å²) in [4.78, 5) is 12.1. The molecule has 1 fully saturated rings. The molecule has 1 aliphatic heterocycles. The zero-order valence-corrected chi connectivity index (χ0v) is 14.9. The molecule has 124 valence electrons. The molecule has 2 rings (SSSR count). The summed E-state index contributed by atoms with van der Waals surface area (Å²) in [5.41, 5.74) is 7.03. The van der Waals surface area contributed by atoms with Crippen LogP contribution in [0.25, 0.3) is 0 Å². The predicted octanol–water partition coefficient (Wildman–Crippen LogP) is 2.25. The molecule has 1 aromatic carbocycles. The number of hydrogen-bond acceptors (Lipinski definition) is 4. The van der Waals surface area contributed by atoms with E-state index in [2.05, 4.69) is 21.2 Å². The number of carbonyl (C=O) groups is 1. The molecule has 1 atom stereocenters. The van der Waals surface area contributed by atoms with E-state index in [0.717, 1.165) is 28.6 Å². The Kier molecular flexibility index (Phi) is 8.17. The molecule has 5 nitrogen and oxygen atoms in total. The maximum atomic E-state index is 12.1. The minimum atomic E-state index is -0.462. The van der Waals surface area contributed by atoms with Gasteiger partial charge in [-0.25, -0.2) is 0 Å². The van der Waals surface area contributed by atoms with Crippen molar-refractivity contribution in [3.8, 4) is 5.75 Å². The minimum absolute atomic E-state index is 0. The van der Waals surface area contributed by atoms with Crippen LogP contribution in [0.5, 0.6) is 5.75 Å². The smallest absolute Gasteiger partial charge is 0.237 e. The molecule has 1 amide bonds. The van der Waals surface area contributed by atoms with Crippen molar-refractivity contribution in [2.24, 2.45) is 11.7 Å². The molecule has 0 saturated carbocycles. The molecule has 0 aliphatic carbocycles. The zero-order valence-electron chi connectivity index (χ0n) is 12.5. The lowest BCUT2D eigenvalue weighted by atomic mass is 9.92. The Morgan fingerprint density at radius 2 is 2.18 bits per heavy atom. The highest BCUT2D eigenvalue weighted by Gasteiger charge is 2.26. The second kappa shape index (κ2) is 9.35. The molecule has 1 unspecified atom stereocenters. The third kappa shape index (κ3) is 5.12. The number of hydrogen-bond donors (Lipinski definition) is 2. The first-order chi connectivity index (χ1) is 10.1. The Balaban J connectivity index is 0.00000242. The van der Waals surface area contributed by atoms with Crippen molar-refractivity contribution in [2.75, 3.05) is 20.3 Å². The van der Waals surface area contributed by atoms with Crippen LogP contribution in [0.2, 0.25) is 0 Å². The predicted molar refractivity (Wildman–Crippen MR) is 91.3 cm³/mol. The Labute approximate surface area is 145 Å². The van der Waals surface area contributed by atoms with Gasteiger partial charge in [0.25, 0.3) is 0 Å². The summed E-state index contributed by atoms with van der Waals surface area (Å²) in [6, 6.07) is 5.25. The van der Waals surface area contributed by atoms with E-state index in [1.165, 1.54) is 0 Å². The van der Waals surface area contributed by atoms with E-state index in [1.807, 2.05) is 18.2 Å². The molecule has 22 heavy (non-hydrogen) atoms. The molecule has 7 heteroatoms. The van der Waals surface area contributed by atoms with Crippen LogP contribution in [0.1, 0.15) is 18.4 Å². The van der Waals surface area contributed by atoms with Gasteiger partial charge < -0.3 is 20.5 Å². The van der Waals surface area contributed by atoms with Crippen LogP contribution in [0.3, 0.4) is 0 Å². The maximum absolute atomic E-state index is 12.1. The molecule has 1 saturated heterocycles. The third-order valence-corrected chi connectivity index (χ3v) is 4.38. The molecule has 1 aliphatic rings. The van der Waals surface area contributed by atoms with Crippen LogP contribution >= 0.6 is 28.3 Å². The lowest BCUT2D eigenvalue weighted by molar-refractivity contribution is -0.124. The van der Waals surface area contributed by atoms with Crippen LogP contribution in [-0.2, 0) is 16.1 Å². The number of methoxy groups -OCH3 is 1. The first kappa shape index (κ1) is 19.2. The van der Waals surface area contributed by atoms with Crippen LogP contribution in [-0.4, -0.2) is 32.3 Å². The second-order valence-electron chi connectivity index (χ2n) is 5.16. The molecule has 1 heterocycles. The van der Waals surface area contributed by atoms with Gasteiger partial charge in [-0.3, -0.25) is 4.79 Å². The number of ether oxygens (including phenoxy) is 2. The SMILES string of the molecule is COc1ccc(CNC(=O)C(N)C2CCOCC2)cc1Br.Cl. The number of nitrogens with one attached hydrogen (secondary N) is 1. The van der Waals surface area contributed by atoms with Gasteiger partial charge in [0.15, 0.2) is 0 Å². The van der Waals surface area contributed by atoms with Crippen LogP contribution in [0.15, 0.2) is 22.7 Å². The first-order valence-electron chi connectivity index (χ1n) is 7.05. The van der Waals surface area contributed by atoms with Gasteiger partial charge in [0.2, 0.25) is 5.91 Å². The summed E-state index contributed by atoms with van der Waals surface area (Å²) in [5, 5.41) is 2.89. The number of benzene rings is 1. The lowest BCUT2D eigenvalue weighted by Gasteiger charge is -2.26. The van der Waals surface area contributed by atoms with Crippen LogP contribution in [0, 0.1) is 5.92 Å². The summed E-state index contributed by atoms with van der Waals surface area (Å²) >= 11 is 3.43. The fourth-order valence-corrected chi connectivity index (χ4v) is 3.00. The third-order valence-electron chi connectivity index (χ3n) is 3.76. The van der Waals surface area contributed by atoms with Gasteiger partial charge in [0.1, 0.15) is 5.75 Å². The van der Waals surface area contributed by atoms with Crippen LogP contribution < -0.4 is 15.8 Å². The molecule has 0 bridgehead atoms.